The molecule has 1 atom stereocenters. The molecule has 0 heterocycles. The first-order valence-electron chi connectivity index (χ1n) is 5.32. The quantitative estimate of drug-likeness (QED) is 0.696. The zero-order chi connectivity index (χ0) is 12.4. The predicted octanol–water partition coefficient (Wildman–Crippen LogP) is 4.96. The van der Waals surface area contributed by atoms with Crippen molar-refractivity contribution in [1.82, 2.24) is 0 Å². The van der Waals surface area contributed by atoms with E-state index in [0.717, 1.165) is 44.5 Å². The molecule has 0 fully saturated rings. The van der Waals surface area contributed by atoms with Crippen LogP contribution in [0, 0.1) is 0 Å². The minimum absolute atomic E-state index is 0.830. The van der Waals surface area contributed by atoms with Crippen molar-refractivity contribution in [1.29, 1.82) is 0 Å². The molecule has 2 rings (SSSR count). The van der Waals surface area contributed by atoms with Crippen LogP contribution < -0.4 is 4.74 Å². The largest absolute Gasteiger partial charge is 0.495 e. The van der Waals surface area contributed by atoms with Crippen molar-refractivity contribution in [2.75, 3.05) is 7.11 Å². The molecule has 1 aromatic rings. The van der Waals surface area contributed by atoms with Crippen LogP contribution in [0.1, 0.15) is 18.4 Å². The molecule has 0 saturated carbocycles. The first-order valence-corrected chi connectivity index (χ1v) is 7.07. The first-order chi connectivity index (χ1) is 8.15. The predicted molar refractivity (Wildman–Crippen MR) is 80.5 cm³/mol. The van der Waals surface area contributed by atoms with Gasteiger partial charge >= 0.3 is 0 Å². The number of allylic oxidation sites excluding steroid dienone is 4. The number of rotatable bonds is 2. The summed E-state index contributed by atoms with van der Waals surface area (Å²) in [5.74, 6) is 0.830. The molecular weight excluding hydrogens is 318 g/mol. The number of hydrogen-bond donors (Lipinski definition) is 0. The van der Waals surface area contributed by atoms with Crippen LogP contribution in [0.25, 0.3) is 5.57 Å². The van der Waals surface area contributed by atoms with Gasteiger partial charge in [0.1, 0.15) is 5.75 Å². The van der Waals surface area contributed by atoms with E-state index in [-0.39, 0.29) is 0 Å². The van der Waals surface area contributed by atoms with Crippen molar-refractivity contribution in [3.63, 3.8) is 0 Å². The van der Waals surface area contributed by atoms with E-state index >= 15 is 0 Å². The summed E-state index contributed by atoms with van der Waals surface area (Å²) in [5.41, 5.74) is 2.11. The fourth-order valence-electron chi connectivity index (χ4n) is 1.95. The summed E-state index contributed by atoms with van der Waals surface area (Å²) in [6.07, 6.45) is 4.08. The molecule has 1 aliphatic carbocycles. The molecule has 0 aromatic heterocycles. The Morgan fingerprint density at radius 3 is 2.82 bits per heavy atom. The van der Waals surface area contributed by atoms with E-state index in [1.165, 1.54) is 0 Å². The average molecular weight is 332 g/mol. The highest BCUT2D eigenvalue weighted by Crippen LogP contribution is 2.43. The smallest absolute Gasteiger partial charge is 0.140 e. The second-order valence-corrected chi connectivity index (χ2v) is 5.73. The van der Waals surface area contributed by atoms with Crippen molar-refractivity contribution < 1.29 is 4.74 Å². The Hall–Kier alpha value is -0.300. The summed E-state index contributed by atoms with van der Waals surface area (Å²) in [6, 6.07) is 5.99. The van der Waals surface area contributed by atoms with Crippen LogP contribution in [-0.2, 0) is 0 Å². The van der Waals surface area contributed by atoms with E-state index < -0.39 is 0 Å². The molecule has 1 aliphatic rings. The summed E-state index contributed by atoms with van der Waals surface area (Å²) in [5, 5.41) is 2.03. The number of benzene rings is 1. The van der Waals surface area contributed by atoms with Crippen LogP contribution in [-0.4, -0.2) is 7.11 Å². The molecule has 0 N–H and O–H groups in total. The van der Waals surface area contributed by atoms with Gasteiger partial charge in [0.25, 0.3) is 0 Å². The van der Waals surface area contributed by atoms with Crippen LogP contribution in [0.2, 0.25) is 0 Å². The summed E-state index contributed by atoms with van der Waals surface area (Å²) >= 11 is 9.84. The molecule has 90 valence electrons. The van der Waals surface area contributed by atoms with Gasteiger partial charge in [0.2, 0.25) is 0 Å². The van der Waals surface area contributed by atoms with Crippen LogP contribution >= 0.6 is 36.8 Å². The lowest BCUT2D eigenvalue weighted by atomic mass is 9.98. The van der Waals surface area contributed by atoms with E-state index in [9.17, 15) is 0 Å². The number of para-hydroxylation sites is 1. The van der Waals surface area contributed by atoms with Crippen molar-refractivity contribution in [3.8, 4) is 5.75 Å². The minimum atomic E-state index is 0.830. The lowest BCUT2D eigenvalue weighted by Gasteiger charge is -2.19. The Labute approximate surface area is 117 Å². The van der Waals surface area contributed by atoms with Crippen molar-refractivity contribution in [2.45, 2.75) is 12.8 Å². The number of hydrogen-bond acceptors (Lipinski definition) is 1. The zero-order valence-electron chi connectivity index (χ0n) is 9.47. The SMILES string of the molecule is COc1c(Br)cccc1C1=C(Cl)CCC=C1P. The monoisotopic (exact) mass is 330 g/mol. The fourth-order valence-corrected chi connectivity index (χ4v) is 3.39. The molecule has 0 radical (unpaired) electrons. The van der Waals surface area contributed by atoms with Crippen LogP contribution in [0.5, 0.6) is 5.75 Å². The Balaban J connectivity index is 2.61. The molecule has 17 heavy (non-hydrogen) atoms. The standard InChI is InChI=1S/C13H13BrClOP/c1-16-13-8(4-2-5-9(13)14)12-10(15)6-3-7-11(12)17/h2,4-5,7H,3,6,17H2,1H3. The summed E-state index contributed by atoms with van der Waals surface area (Å²) < 4.78 is 6.39. The van der Waals surface area contributed by atoms with Crippen molar-refractivity contribution in [3.05, 3.63) is 44.7 Å². The maximum atomic E-state index is 6.35. The second kappa shape index (κ2) is 5.56. The molecule has 0 spiro atoms. The molecule has 1 aromatic carbocycles. The number of halogens is 2. The first kappa shape index (κ1) is 13.1. The van der Waals surface area contributed by atoms with Crippen LogP contribution in [0.15, 0.2) is 39.1 Å². The fraction of sp³-hybridized carbons (Fsp3) is 0.231. The highest BCUT2D eigenvalue weighted by atomic mass is 79.9. The molecular formula is C13H13BrClOP. The van der Waals surface area contributed by atoms with E-state index in [2.05, 4.69) is 31.2 Å². The molecule has 1 nitrogen and oxygen atoms in total. The third-order valence-electron chi connectivity index (χ3n) is 2.73. The Kier molecular flexibility index (Phi) is 4.30. The highest BCUT2D eigenvalue weighted by Gasteiger charge is 2.18. The Morgan fingerprint density at radius 1 is 1.41 bits per heavy atom. The van der Waals surface area contributed by atoms with E-state index in [1.807, 2.05) is 18.2 Å². The van der Waals surface area contributed by atoms with Gasteiger partial charge in [0.15, 0.2) is 0 Å². The van der Waals surface area contributed by atoms with Gasteiger partial charge in [0, 0.05) is 16.2 Å². The second-order valence-electron chi connectivity index (χ2n) is 3.80. The van der Waals surface area contributed by atoms with Gasteiger partial charge < -0.3 is 4.74 Å². The van der Waals surface area contributed by atoms with Crippen LogP contribution in [0.4, 0.5) is 0 Å². The van der Waals surface area contributed by atoms with E-state index in [0.29, 0.717) is 0 Å². The van der Waals surface area contributed by atoms with Gasteiger partial charge in [-0.05, 0) is 40.2 Å². The maximum absolute atomic E-state index is 6.35. The third kappa shape index (κ3) is 2.59. The summed E-state index contributed by atoms with van der Waals surface area (Å²) in [7, 11) is 4.42. The Morgan fingerprint density at radius 2 is 2.18 bits per heavy atom. The zero-order valence-corrected chi connectivity index (χ0v) is 13.0. The lowest BCUT2D eigenvalue weighted by Crippen LogP contribution is -1.97. The third-order valence-corrected chi connectivity index (χ3v) is 4.26. The molecule has 0 amide bonds. The molecule has 0 aliphatic heterocycles. The maximum Gasteiger partial charge on any atom is 0.140 e. The molecule has 4 heteroatoms. The van der Waals surface area contributed by atoms with Crippen molar-refractivity contribution >= 4 is 42.3 Å². The molecule has 1 unspecified atom stereocenters. The van der Waals surface area contributed by atoms with E-state index in [1.54, 1.807) is 7.11 Å². The Bertz CT molecular complexity index is 508. The normalized spacial score (nSPS) is 15.9. The van der Waals surface area contributed by atoms with Gasteiger partial charge in [0.05, 0.1) is 11.6 Å². The van der Waals surface area contributed by atoms with Crippen LogP contribution in [0.3, 0.4) is 0 Å². The van der Waals surface area contributed by atoms with Gasteiger partial charge in [-0.3, -0.25) is 0 Å². The van der Waals surface area contributed by atoms with Gasteiger partial charge in [-0.25, -0.2) is 0 Å². The molecule has 0 bridgehead atoms. The van der Waals surface area contributed by atoms with E-state index in [4.69, 9.17) is 16.3 Å². The van der Waals surface area contributed by atoms with Crippen molar-refractivity contribution in [2.24, 2.45) is 0 Å². The lowest BCUT2D eigenvalue weighted by molar-refractivity contribution is 0.411. The number of ether oxygens (including phenoxy) is 1. The van der Waals surface area contributed by atoms with Gasteiger partial charge in [-0.15, -0.1) is 9.24 Å². The topological polar surface area (TPSA) is 9.23 Å². The number of methoxy groups -OCH3 is 1. The minimum Gasteiger partial charge on any atom is -0.495 e. The van der Waals surface area contributed by atoms with Gasteiger partial charge in [-0.2, -0.15) is 0 Å². The summed E-state index contributed by atoms with van der Waals surface area (Å²) in [4.78, 5) is 0. The average Bonchev–Trinajstić information content (AvgIpc) is 2.29. The highest BCUT2D eigenvalue weighted by molar-refractivity contribution is 9.10. The summed E-state index contributed by atoms with van der Waals surface area (Å²) in [6.45, 7) is 0. The molecule has 0 saturated heterocycles. The van der Waals surface area contributed by atoms with Gasteiger partial charge in [-0.1, -0.05) is 29.8 Å².